The van der Waals surface area contributed by atoms with Crippen LogP contribution < -0.4 is 5.32 Å². The minimum Gasteiger partial charge on any atom is -0.354 e. The van der Waals surface area contributed by atoms with E-state index < -0.39 is 0 Å². The van der Waals surface area contributed by atoms with E-state index in [1.165, 1.54) is 10.1 Å². The van der Waals surface area contributed by atoms with Crippen LogP contribution >= 0.6 is 27.3 Å². The summed E-state index contributed by atoms with van der Waals surface area (Å²) in [7, 11) is 0. The molecule has 19 heavy (non-hydrogen) atoms. The van der Waals surface area contributed by atoms with E-state index in [2.05, 4.69) is 50.9 Å². The number of rotatable bonds is 2. The molecule has 0 amide bonds. The maximum absolute atomic E-state index is 9.15. The molecule has 0 spiro atoms. The molecule has 0 saturated heterocycles. The molecule has 1 aromatic heterocycles. The van der Waals surface area contributed by atoms with Crippen LogP contribution in [0.15, 0.2) is 52.3 Å². The molecule has 0 atom stereocenters. The van der Waals surface area contributed by atoms with Crippen molar-refractivity contribution in [3.8, 4) is 6.07 Å². The molecular formula is C15H9BrN2S. The number of fused-ring (bicyclic) bond motifs is 1. The summed E-state index contributed by atoms with van der Waals surface area (Å²) in [6.07, 6.45) is 0. The normalized spacial score (nSPS) is 10.3. The first-order valence-corrected chi connectivity index (χ1v) is 7.37. The van der Waals surface area contributed by atoms with Gasteiger partial charge in [-0.15, -0.1) is 11.3 Å². The van der Waals surface area contributed by atoms with Crippen LogP contribution in [0.5, 0.6) is 0 Å². The first kappa shape index (κ1) is 12.2. The Hall–Kier alpha value is -1.83. The molecule has 1 N–H and O–H groups in total. The lowest BCUT2D eigenvalue weighted by Gasteiger charge is -2.08. The van der Waals surface area contributed by atoms with Crippen LogP contribution in [-0.2, 0) is 0 Å². The van der Waals surface area contributed by atoms with Crippen LogP contribution in [-0.4, -0.2) is 0 Å². The van der Waals surface area contributed by atoms with Crippen molar-refractivity contribution >= 4 is 48.7 Å². The van der Waals surface area contributed by atoms with Gasteiger partial charge in [-0.2, -0.15) is 5.26 Å². The van der Waals surface area contributed by atoms with E-state index in [4.69, 9.17) is 5.26 Å². The van der Waals surface area contributed by atoms with E-state index in [9.17, 15) is 0 Å². The number of hydrogen-bond donors (Lipinski definition) is 1. The van der Waals surface area contributed by atoms with Crippen molar-refractivity contribution in [3.05, 3.63) is 57.9 Å². The van der Waals surface area contributed by atoms with Gasteiger partial charge in [0.25, 0.3) is 0 Å². The summed E-state index contributed by atoms with van der Waals surface area (Å²) in [6, 6.07) is 16.1. The Morgan fingerprint density at radius 1 is 1.11 bits per heavy atom. The lowest BCUT2D eigenvalue weighted by Crippen LogP contribution is -1.93. The standard InChI is InChI=1S/C15H9BrN2S/c16-12-1-3-14(11(7-12)9-17)18-13-2-4-15-10(8-13)5-6-19-15/h1-8,18H. The monoisotopic (exact) mass is 328 g/mol. The first-order chi connectivity index (χ1) is 9.26. The third kappa shape index (κ3) is 2.48. The van der Waals surface area contributed by atoms with Crippen LogP contribution in [0.25, 0.3) is 10.1 Å². The third-order valence-electron chi connectivity index (χ3n) is 2.83. The summed E-state index contributed by atoms with van der Waals surface area (Å²) in [4.78, 5) is 0. The van der Waals surface area contributed by atoms with Gasteiger partial charge in [0.15, 0.2) is 0 Å². The van der Waals surface area contributed by atoms with Crippen LogP contribution in [0, 0.1) is 11.3 Å². The van der Waals surface area contributed by atoms with E-state index in [1.54, 1.807) is 11.3 Å². The van der Waals surface area contributed by atoms with E-state index in [1.807, 2.05) is 24.3 Å². The summed E-state index contributed by atoms with van der Waals surface area (Å²) in [5.41, 5.74) is 2.43. The molecule has 92 valence electrons. The molecule has 3 aromatic rings. The van der Waals surface area contributed by atoms with Crippen molar-refractivity contribution in [2.75, 3.05) is 5.32 Å². The van der Waals surface area contributed by atoms with Gasteiger partial charge in [0.2, 0.25) is 0 Å². The van der Waals surface area contributed by atoms with Crippen molar-refractivity contribution in [2.24, 2.45) is 0 Å². The van der Waals surface area contributed by atoms with Crippen molar-refractivity contribution in [3.63, 3.8) is 0 Å². The Morgan fingerprint density at radius 3 is 2.84 bits per heavy atom. The van der Waals surface area contributed by atoms with E-state index in [0.29, 0.717) is 5.56 Å². The van der Waals surface area contributed by atoms with E-state index in [0.717, 1.165) is 15.8 Å². The smallest absolute Gasteiger partial charge is 0.101 e. The Morgan fingerprint density at radius 2 is 2.00 bits per heavy atom. The van der Waals surface area contributed by atoms with Crippen LogP contribution in [0.4, 0.5) is 11.4 Å². The molecule has 0 bridgehead atoms. The maximum Gasteiger partial charge on any atom is 0.101 e. The number of anilines is 2. The topological polar surface area (TPSA) is 35.8 Å². The summed E-state index contributed by atoms with van der Waals surface area (Å²) >= 11 is 5.10. The summed E-state index contributed by atoms with van der Waals surface area (Å²) < 4.78 is 2.17. The van der Waals surface area contributed by atoms with Gasteiger partial charge in [0, 0.05) is 14.9 Å². The van der Waals surface area contributed by atoms with Crippen LogP contribution in [0.1, 0.15) is 5.56 Å². The number of nitrogens with zero attached hydrogens (tertiary/aromatic N) is 1. The largest absolute Gasteiger partial charge is 0.354 e. The van der Waals surface area contributed by atoms with Crippen LogP contribution in [0.2, 0.25) is 0 Å². The van der Waals surface area contributed by atoms with Gasteiger partial charge in [-0.3, -0.25) is 0 Å². The van der Waals surface area contributed by atoms with Gasteiger partial charge >= 0.3 is 0 Å². The molecule has 2 aromatic carbocycles. The minimum atomic E-state index is 0.625. The Kier molecular flexibility index (Phi) is 3.24. The summed E-state index contributed by atoms with van der Waals surface area (Å²) in [5, 5.41) is 15.7. The Labute approximate surface area is 123 Å². The summed E-state index contributed by atoms with van der Waals surface area (Å²) in [6.45, 7) is 0. The predicted octanol–water partition coefficient (Wildman–Crippen LogP) is 5.28. The molecular weight excluding hydrogens is 320 g/mol. The first-order valence-electron chi connectivity index (χ1n) is 5.70. The number of thiophene rings is 1. The fraction of sp³-hybridized carbons (Fsp3) is 0. The quantitative estimate of drug-likeness (QED) is 0.694. The number of halogens is 1. The molecule has 3 rings (SSSR count). The highest BCUT2D eigenvalue weighted by Gasteiger charge is 2.04. The molecule has 0 aliphatic rings. The second-order valence-corrected chi connectivity index (χ2v) is 5.96. The zero-order valence-corrected chi connectivity index (χ0v) is 12.3. The minimum absolute atomic E-state index is 0.625. The number of nitrogens with one attached hydrogen (secondary N) is 1. The molecule has 0 aliphatic heterocycles. The average molecular weight is 329 g/mol. The number of hydrogen-bond acceptors (Lipinski definition) is 3. The zero-order chi connectivity index (χ0) is 13.2. The lowest BCUT2D eigenvalue weighted by molar-refractivity contribution is 1.45. The molecule has 1 heterocycles. The Balaban J connectivity index is 1.98. The third-order valence-corrected chi connectivity index (χ3v) is 4.22. The van der Waals surface area contributed by atoms with Gasteiger partial charge in [0.05, 0.1) is 11.3 Å². The molecule has 0 unspecified atom stereocenters. The maximum atomic E-state index is 9.15. The zero-order valence-electron chi connectivity index (χ0n) is 9.85. The number of nitriles is 1. The highest BCUT2D eigenvalue weighted by Crippen LogP contribution is 2.28. The lowest BCUT2D eigenvalue weighted by atomic mass is 10.2. The molecule has 0 fully saturated rings. The van der Waals surface area contributed by atoms with Crippen molar-refractivity contribution in [1.82, 2.24) is 0 Å². The molecule has 0 radical (unpaired) electrons. The van der Waals surface area contributed by atoms with E-state index >= 15 is 0 Å². The second kappa shape index (κ2) is 5.04. The van der Waals surface area contributed by atoms with Crippen molar-refractivity contribution in [2.45, 2.75) is 0 Å². The molecule has 0 saturated carbocycles. The highest BCUT2D eigenvalue weighted by molar-refractivity contribution is 9.10. The van der Waals surface area contributed by atoms with Crippen molar-refractivity contribution in [1.29, 1.82) is 5.26 Å². The average Bonchev–Trinajstić information content (AvgIpc) is 2.88. The fourth-order valence-electron chi connectivity index (χ4n) is 1.92. The van der Waals surface area contributed by atoms with Crippen molar-refractivity contribution < 1.29 is 0 Å². The van der Waals surface area contributed by atoms with Gasteiger partial charge in [0.1, 0.15) is 6.07 Å². The van der Waals surface area contributed by atoms with Crippen LogP contribution in [0.3, 0.4) is 0 Å². The molecule has 4 heteroatoms. The SMILES string of the molecule is N#Cc1cc(Br)ccc1Nc1ccc2sccc2c1. The highest BCUT2D eigenvalue weighted by atomic mass is 79.9. The second-order valence-electron chi connectivity index (χ2n) is 4.10. The number of benzene rings is 2. The van der Waals surface area contributed by atoms with Gasteiger partial charge in [-0.05, 0) is 53.2 Å². The van der Waals surface area contributed by atoms with Gasteiger partial charge < -0.3 is 5.32 Å². The van der Waals surface area contributed by atoms with Gasteiger partial charge in [-0.25, -0.2) is 0 Å². The van der Waals surface area contributed by atoms with E-state index in [-0.39, 0.29) is 0 Å². The summed E-state index contributed by atoms with van der Waals surface area (Å²) in [5.74, 6) is 0. The molecule has 0 aliphatic carbocycles. The fourth-order valence-corrected chi connectivity index (χ4v) is 3.05. The predicted molar refractivity (Wildman–Crippen MR) is 84.0 cm³/mol. The Bertz CT molecular complexity index is 786. The molecule has 2 nitrogen and oxygen atoms in total. The van der Waals surface area contributed by atoms with Gasteiger partial charge in [-0.1, -0.05) is 15.9 Å².